The lowest BCUT2D eigenvalue weighted by molar-refractivity contribution is 0.627. The zero-order chi connectivity index (χ0) is 17.9. The number of benzene rings is 2. The molecule has 0 saturated heterocycles. The van der Waals surface area contributed by atoms with Gasteiger partial charge in [0.2, 0.25) is 0 Å². The van der Waals surface area contributed by atoms with Crippen LogP contribution in [0.2, 0.25) is 0 Å². The van der Waals surface area contributed by atoms with Gasteiger partial charge in [-0.2, -0.15) is 0 Å². The molecular weight excluding hydrogens is 327 g/mol. The van der Waals surface area contributed by atoms with Crippen molar-refractivity contribution in [3.05, 3.63) is 84.2 Å². The summed E-state index contributed by atoms with van der Waals surface area (Å²) in [6.45, 7) is 2.54. The Kier molecular flexibility index (Phi) is 4.27. The highest BCUT2D eigenvalue weighted by atomic mass is 19.1. The number of aryl methyl sites for hydroxylation is 1. The molecule has 0 aliphatic carbocycles. The highest BCUT2D eigenvalue weighted by Crippen LogP contribution is 2.26. The van der Waals surface area contributed by atoms with Crippen molar-refractivity contribution in [3.63, 3.8) is 0 Å². The van der Waals surface area contributed by atoms with E-state index in [2.05, 4.69) is 38.5 Å². The molecule has 0 atom stereocenters. The average molecular weight is 344 g/mol. The van der Waals surface area contributed by atoms with Gasteiger partial charge in [-0.25, -0.2) is 14.4 Å². The molecule has 0 bridgehead atoms. The van der Waals surface area contributed by atoms with Gasteiger partial charge in [0.25, 0.3) is 0 Å². The largest absolute Gasteiger partial charge is 0.365 e. The molecule has 4 aromatic rings. The predicted molar refractivity (Wildman–Crippen MR) is 101 cm³/mol. The Bertz CT molecular complexity index is 1060. The van der Waals surface area contributed by atoms with Gasteiger partial charge in [0, 0.05) is 23.8 Å². The molecule has 2 heterocycles. The van der Waals surface area contributed by atoms with Crippen molar-refractivity contribution in [2.75, 3.05) is 5.32 Å². The Labute approximate surface area is 150 Å². The summed E-state index contributed by atoms with van der Waals surface area (Å²) in [5.74, 6) is 0.525. The van der Waals surface area contributed by atoms with E-state index in [1.54, 1.807) is 18.5 Å². The van der Waals surface area contributed by atoms with E-state index >= 15 is 0 Å². The van der Waals surface area contributed by atoms with Crippen molar-refractivity contribution in [1.29, 1.82) is 0 Å². The van der Waals surface area contributed by atoms with E-state index in [1.165, 1.54) is 12.1 Å². The second kappa shape index (κ2) is 6.88. The maximum atomic E-state index is 13.0. The summed E-state index contributed by atoms with van der Waals surface area (Å²) >= 11 is 0. The van der Waals surface area contributed by atoms with E-state index in [9.17, 15) is 4.39 Å². The normalized spacial score (nSPS) is 10.8. The first-order valence-corrected chi connectivity index (χ1v) is 8.35. The summed E-state index contributed by atoms with van der Waals surface area (Å²) in [4.78, 5) is 13.0. The number of anilines is 1. The van der Waals surface area contributed by atoms with Crippen LogP contribution in [0.5, 0.6) is 0 Å². The number of fused-ring (bicyclic) bond motifs is 1. The van der Waals surface area contributed by atoms with Gasteiger partial charge in [-0.05, 0) is 60.0 Å². The van der Waals surface area contributed by atoms with Gasteiger partial charge in [-0.3, -0.25) is 4.98 Å². The minimum Gasteiger partial charge on any atom is -0.365 e. The Balaban J connectivity index is 1.63. The summed E-state index contributed by atoms with van der Waals surface area (Å²) in [6, 6.07) is 16.6. The zero-order valence-electron chi connectivity index (χ0n) is 14.3. The number of pyridine rings is 1. The van der Waals surface area contributed by atoms with Gasteiger partial charge in [0.05, 0.1) is 5.52 Å². The Hall–Kier alpha value is -3.34. The third-order valence-electron chi connectivity index (χ3n) is 4.24. The van der Waals surface area contributed by atoms with Crippen LogP contribution in [0.15, 0.2) is 67.1 Å². The molecule has 0 aliphatic rings. The van der Waals surface area contributed by atoms with Crippen LogP contribution in [0.4, 0.5) is 10.2 Å². The molecule has 4 rings (SSSR count). The standard InChI is InChI=1S/C21H17FN4/c1-14-10-17(8-9-23-14)16-4-7-19-20(11-16)25-13-26-21(19)24-12-15-2-5-18(22)6-3-15/h2-11,13H,12H2,1H3,(H,24,25,26). The fraction of sp³-hybridized carbons (Fsp3) is 0.0952. The van der Waals surface area contributed by atoms with Gasteiger partial charge >= 0.3 is 0 Å². The number of aromatic nitrogens is 3. The molecule has 0 spiro atoms. The lowest BCUT2D eigenvalue weighted by Crippen LogP contribution is -2.02. The van der Waals surface area contributed by atoms with E-state index in [-0.39, 0.29) is 5.82 Å². The van der Waals surface area contributed by atoms with Crippen LogP contribution < -0.4 is 5.32 Å². The molecule has 5 heteroatoms. The summed E-state index contributed by atoms with van der Waals surface area (Å²) in [7, 11) is 0. The Morgan fingerprint density at radius 1 is 0.885 bits per heavy atom. The highest BCUT2D eigenvalue weighted by molar-refractivity contribution is 5.91. The zero-order valence-corrected chi connectivity index (χ0v) is 14.3. The molecule has 0 saturated carbocycles. The van der Waals surface area contributed by atoms with Crippen LogP contribution in [0.1, 0.15) is 11.3 Å². The molecular formula is C21H17FN4. The quantitative estimate of drug-likeness (QED) is 0.580. The SMILES string of the molecule is Cc1cc(-c2ccc3c(NCc4ccc(F)cc4)ncnc3c2)ccn1. The Morgan fingerprint density at radius 2 is 1.69 bits per heavy atom. The maximum absolute atomic E-state index is 13.0. The van der Waals surface area contributed by atoms with Crippen molar-refractivity contribution in [2.24, 2.45) is 0 Å². The summed E-state index contributed by atoms with van der Waals surface area (Å²) in [5, 5.41) is 4.26. The average Bonchev–Trinajstić information content (AvgIpc) is 2.67. The van der Waals surface area contributed by atoms with E-state index in [0.717, 1.165) is 39.1 Å². The maximum Gasteiger partial charge on any atom is 0.137 e. The third kappa shape index (κ3) is 3.37. The van der Waals surface area contributed by atoms with Crippen LogP contribution in [0, 0.1) is 12.7 Å². The minimum atomic E-state index is -0.236. The Morgan fingerprint density at radius 3 is 2.50 bits per heavy atom. The second-order valence-electron chi connectivity index (χ2n) is 6.12. The van der Waals surface area contributed by atoms with Crippen molar-refractivity contribution in [1.82, 2.24) is 15.0 Å². The fourth-order valence-corrected chi connectivity index (χ4v) is 2.89. The second-order valence-corrected chi connectivity index (χ2v) is 6.12. The van der Waals surface area contributed by atoms with Crippen molar-refractivity contribution in [3.8, 4) is 11.1 Å². The topological polar surface area (TPSA) is 50.7 Å². The third-order valence-corrected chi connectivity index (χ3v) is 4.24. The smallest absolute Gasteiger partial charge is 0.137 e. The molecule has 4 nitrogen and oxygen atoms in total. The van der Waals surface area contributed by atoms with E-state index in [1.807, 2.05) is 25.3 Å². The molecule has 0 aliphatic heterocycles. The summed E-state index contributed by atoms with van der Waals surface area (Å²) in [5.41, 5.74) is 5.03. The fourth-order valence-electron chi connectivity index (χ4n) is 2.89. The number of hydrogen-bond acceptors (Lipinski definition) is 4. The van der Waals surface area contributed by atoms with Crippen LogP contribution in [-0.4, -0.2) is 15.0 Å². The molecule has 26 heavy (non-hydrogen) atoms. The van der Waals surface area contributed by atoms with Crippen molar-refractivity contribution >= 4 is 16.7 Å². The molecule has 0 fully saturated rings. The number of rotatable bonds is 4. The predicted octanol–water partition coefficient (Wildman–Crippen LogP) is 4.75. The lowest BCUT2D eigenvalue weighted by Gasteiger charge is -2.10. The van der Waals surface area contributed by atoms with Crippen molar-refractivity contribution < 1.29 is 4.39 Å². The van der Waals surface area contributed by atoms with Gasteiger partial charge in [0.1, 0.15) is 18.0 Å². The molecule has 128 valence electrons. The number of nitrogens with one attached hydrogen (secondary N) is 1. The first-order valence-electron chi connectivity index (χ1n) is 8.35. The van der Waals surface area contributed by atoms with Crippen molar-refractivity contribution in [2.45, 2.75) is 13.5 Å². The van der Waals surface area contributed by atoms with E-state index in [4.69, 9.17) is 0 Å². The monoisotopic (exact) mass is 344 g/mol. The molecule has 1 N–H and O–H groups in total. The number of halogens is 1. The number of nitrogens with zero attached hydrogens (tertiary/aromatic N) is 3. The molecule has 2 aromatic carbocycles. The van der Waals surface area contributed by atoms with Gasteiger partial charge < -0.3 is 5.32 Å². The minimum absolute atomic E-state index is 0.236. The lowest BCUT2D eigenvalue weighted by atomic mass is 10.0. The molecule has 2 aromatic heterocycles. The molecule has 0 unspecified atom stereocenters. The summed E-state index contributed by atoms with van der Waals surface area (Å²) < 4.78 is 13.0. The van der Waals surface area contributed by atoms with Crippen LogP contribution >= 0.6 is 0 Å². The highest BCUT2D eigenvalue weighted by Gasteiger charge is 2.06. The van der Waals surface area contributed by atoms with E-state index in [0.29, 0.717) is 6.54 Å². The number of hydrogen-bond donors (Lipinski definition) is 1. The summed E-state index contributed by atoms with van der Waals surface area (Å²) in [6.07, 6.45) is 3.36. The van der Waals surface area contributed by atoms with Crippen LogP contribution in [0.25, 0.3) is 22.0 Å². The van der Waals surface area contributed by atoms with Crippen LogP contribution in [0.3, 0.4) is 0 Å². The molecule has 0 radical (unpaired) electrons. The first-order chi connectivity index (χ1) is 12.7. The van der Waals surface area contributed by atoms with Gasteiger partial charge in [-0.1, -0.05) is 18.2 Å². The van der Waals surface area contributed by atoms with E-state index < -0.39 is 0 Å². The first kappa shape index (κ1) is 16.1. The molecule has 0 amide bonds. The van der Waals surface area contributed by atoms with Gasteiger partial charge in [-0.15, -0.1) is 0 Å². The van der Waals surface area contributed by atoms with Gasteiger partial charge in [0.15, 0.2) is 0 Å². The van der Waals surface area contributed by atoms with Crippen LogP contribution in [-0.2, 0) is 6.54 Å².